The molecule has 0 atom stereocenters. The Bertz CT molecular complexity index is 933. The summed E-state index contributed by atoms with van der Waals surface area (Å²) in [5, 5.41) is 2.95. The average Bonchev–Trinajstić information content (AvgIpc) is 2.71. The SMILES string of the molecule is Cc1cccc(NC(=O)CCc2ccc(S(=O)(=O)N3CCOCC3)cc2)c1C. The highest BCUT2D eigenvalue weighted by Crippen LogP contribution is 2.20. The number of ether oxygens (including phenoxy) is 1. The molecule has 1 fully saturated rings. The van der Waals surface area contributed by atoms with Crippen LogP contribution in [0.15, 0.2) is 47.4 Å². The second kappa shape index (κ2) is 8.86. The molecule has 2 aromatic carbocycles. The van der Waals surface area contributed by atoms with Gasteiger partial charge in [0.05, 0.1) is 18.1 Å². The third-order valence-electron chi connectivity index (χ3n) is 5.05. The maximum atomic E-state index is 12.6. The summed E-state index contributed by atoms with van der Waals surface area (Å²) in [5.41, 5.74) is 3.96. The van der Waals surface area contributed by atoms with Crippen LogP contribution in [0.2, 0.25) is 0 Å². The molecule has 1 amide bonds. The van der Waals surface area contributed by atoms with Gasteiger partial charge in [0.15, 0.2) is 0 Å². The molecule has 1 saturated heterocycles. The Morgan fingerprint density at radius 3 is 2.43 bits per heavy atom. The number of benzene rings is 2. The van der Waals surface area contributed by atoms with Gasteiger partial charge in [0, 0.05) is 25.2 Å². The molecule has 0 bridgehead atoms. The first-order valence-electron chi connectivity index (χ1n) is 9.41. The van der Waals surface area contributed by atoms with Gasteiger partial charge in [-0.2, -0.15) is 4.31 Å². The number of sulfonamides is 1. The molecule has 28 heavy (non-hydrogen) atoms. The van der Waals surface area contributed by atoms with Crippen LogP contribution in [0.5, 0.6) is 0 Å². The first-order chi connectivity index (χ1) is 13.4. The average molecular weight is 403 g/mol. The summed E-state index contributed by atoms with van der Waals surface area (Å²) in [5.74, 6) is -0.0567. The van der Waals surface area contributed by atoms with E-state index in [9.17, 15) is 13.2 Å². The number of hydrogen-bond donors (Lipinski definition) is 1. The molecule has 1 aliphatic rings. The Balaban J connectivity index is 1.58. The van der Waals surface area contributed by atoms with E-state index in [1.54, 1.807) is 24.3 Å². The summed E-state index contributed by atoms with van der Waals surface area (Å²) in [4.78, 5) is 12.5. The van der Waals surface area contributed by atoms with Crippen molar-refractivity contribution in [2.75, 3.05) is 31.6 Å². The fraction of sp³-hybridized carbons (Fsp3) is 0.381. The molecule has 0 aliphatic carbocycles. The highest BCUT2D eigenvalue weighted by atomic mass is 32.2. The quantitative estimate of drug-likeness (QED) is 0.806. The van der Waals surface area contributed by atoms with Gasteiger partial charge in [-0.3, -0.25) is 4.79 Å². The van der Waals surface area contributed by atoms with E-state index in [4.69, 9.17) is 4.74 Å². The number of nitrogens with zero attached hydrogens (tertiary/aromatic N) is 1. The summed E-state index contributed by atoms with van der Waals surface area (Å²) in [6, 6.07) is 12.6. The zero-order valence-electron chi connectivity index (χ0n) is 16.3. The van der Waals surface area contributed by atoms with Gasteiger partial charge >= 0.3 is 0 Å². The number of anilines is 1. The predicted molar refractivity (Wildman–Crippen MR) is 109 cm³/mol. The minimum absolute atomic E-state index is 0.0567. The lowest BCUT2D eigenvalue weighted by atomic mass is 10.1. The fourth-order valence-electron chi connectivity index (χ4n) is 3.12. The number of rotatable bonds is 6. The van der Waals surface area contributed by atoms with Crippen molar-refractivity contribution < 1.29 is 17.9 Å². The van der Waals surface area contributed by atoms with E-state index in [2.05, 4.69) is 5.32 Å². The van der Waals surface area contributed by atoms with Crippen molar-refractivity contribution in [2.45, 2.75) is 31.6 Å². The molecule has 1 N–H and O–H groups in total. The number of carbonyl (C=O) groups excluding carboxylic acids is 1. The van der Waals surface area contributed by atoms with Crippen LogP contribution < -0.4 is 5.32 Å². The molecular weight excluding hydrogens is 376 g/mol. The number of carbonyl (C=O) groups is 1. The third kappa shape index (κ3) is 4.79. The van der Waals surface area contributed by atoms with E-state index in [0.717, 1.165) is 22.4 Å². The number of aryl methyl sites for hydroxylation is 2. The minimum Gasteiger partial charge on any atom is -0.379 e. The molecule has 7 heteroatoms. The zero-order valence-corrected chi connectivity index (χ0v) is 17.1. The van der Waals surface area contributed by atoms with Gasteiger partial charge < -0.3 is 10.1 Å². The molecule has 1 heterocycles. The Hall–Kier alpha value is -2.22. The van der Waals surface area contributed by atoms with Crippen LogP contribution in [0.1, 0.15) is 23.1 Å². The Kier molecular flexibility index (Phi) is 6.49. The molecule has 0 spiro atoms. The summed E-state index contributed by atoms with van der Waals surface area (Å²) in [6.07, 6.45) is 0.886. The highest BCUT2D eigenvalue weighted by molar-refractivity contribution is 7.89. The van der Waals surface area contributed by atoms with Gasteiger partial charge in [0.1, 0.15) is 0 Å². The van der Waals surface area contributed by atoms with Crippen molar-refractivity contribution in [3.8, 4) is 0 Å². The third-order valence-corrected chi connectivity index (χ3v) is 6.96. The summed E-state index contributed by atoms with van der Waals surface area (Å²) < 4.78 is 31.9. The Labute approximate surface area is 166 Å². The first kappa shape index (κ1) is 20.5. The Morgan fingerprint density at radius 2 is 1.75 bits per heavy atom. The van der Waals surface area contributed by atoms with Crippen LogP contribution >= 0.6 is 0 Å². The number of nitrogens with one attached hydrogen (secondary N) is 1. The van der Waals surface area contributed by atoms with Crippen molar-refractivity contribution in [1.82, 2.24) is 4.31 Å². The normalized spacial score (nSPS) is 15.4. The number of hydrogen-bond acceptors (Lipinski definition) is 4. The van der Waals surface area contributed by atoms with Gasteiger partial charge in [-0.25, -0.2) is 8.42 Å². The minimum atomic E-state index is -3.49. The van der Waals surface area contributed by atoms with Gasteiger partial charge in [0.25, 0.3) is 0 Å². The smallest absolute Gasteiger partial charge is 0.243 e. The van der Waals surface area contributed by atoms with E-state index < -0.39 is 10.0 Å². The summed E-state index contributed by atoms with van der Waals surface area (Å²) in [6.45, 7) is 5.60. The molecule has 2 aromatic rings. The molecule has 150 valence electrons. The van der Waals surface area contributed by atoms with Gasteiger partial charge in [-0.1, -0.05) is 24.3 Å². The van der Waals surface area contributed by atoms with Crippen LogP contribution in [0.3, 0.4) is 0 Å². The van der Waals surface area contributed by atoms with Crippen molar-refractivity contribution >= 4 is 21.6 Å². The molecule has 3 rings (SSSR count). The van der Waals surface area contributed by atoms with Gasteiger partial charge in [-0.05, 0) is 55.2 Å². The molecule has 0 unspecified atom stereocenters. The molecule has 0 aromatic heterocycles. The number of morpholine rings is 1. The van der Waals surface area contributed by atoms with Crippen molar-refractivity contribution in [3.63, 3.8) is 0 Å². The second-order valence-corrected chi connectivity index (χ2v) is 8.89. The zero-order chi connectivity index (χ0) is 20.1. The molecule has 6 nitrogen and oxygen atoms in total. The lowest BCUT2D eigenvalue weighted by Gasteiger charge is -2.26. The topological polar surface area (TPSA) is 75.7 Å². The molecular formula is C21H26N2O4S. The largest absolute Gasteiger partial charge is 0.379 e. The second-order valence-electron chi connectivity index (χ2n) is 6.96. The van der Waals surface area contributed by atoms with Gasteiger partial charge in [-0.15, -0.1) is 0 Å². The molecule has 0 radical (unpaired) electrons. The van der Waals surface area contributed by atoms with E-state index in [-0.39, 0.29) is 10.8 Å². The predicted octanol–water partition coefficient (Wildman–Crippen LogP) is 2.90. The Morgan fingerprint density at radius 1 is 1.07 bits per heavy atom. The van der Waals surface area contributed by atoms with Crippen molar-refractivity contribution in [2.24, 2.45) is 0 Å². The van der Waals surface area contributed by atoms with Gasteiger partial charge in [0.2, 0.25) is 15.9 Å². The lowest BCUT2D eigenvalue weighted by Crippen LogP contribution is -2.40. The van der Waals surface area contributed by atoms with Crippen LogP contribution in [-0.2, 0) is 26.0 Å². The fourth-order valence-corrected chi connectivity index (χ4v) is 4.53. The van der Waals surface area contributed by atoms with Crippen LogP contribution in [0.4, 0.5) is 5.69 Å². The lowest BCUT2D eigenvalue weighted by molar-refractivity contribution is -0.116. The van der Waals surface area contributed by atoms with E-state index in [0.29, 0.717) is 39.1 Å². The highest BCUT2D eigenvalue weighted by Gasteiger charge is 2.26. The maximum absolute atomic E-state index is 12.6. The molecule has 1 aliphatic heterocycles. The van der Waals surface area contributed by atoms with Crippen molar-refractivity contribution in [3.05, 3.63) is 59.2 Å². The van der Waals surface area contributed by atoms with E-state index in [1.165, 1.54) is 4.31 Å². The summed E-state index contributed by atoms with van der Waals surface area (Å²) >= 11 is 0. The van der Waals surface area contributed by atoms with Crippen molar-refractivity contribution in [1.29, 1.82) is 0 Å². The van der Waals surface area contributed by atoms with Crippen LogP contribution in [0.25, 0.3) is 0 Å². The summed E-state index contributed by atoms with van der Waals surface area (Å²) in [7, 11) is -3.49. The number of amides is 1. The monoisotopic (exact) mass is 402 g/mol. The molecule has 0 saturated carbocycles. The van der Waals surface area contributed by atoms with Crippen LogP contribution in [-0.4, -0.2) is 44.9 Å². The van der Waals surface area contributed by atoms with E-state index in [1.807, 2.05) is 32.0 Å². The van der Waals surface area contributed by atoms with E-state index >= 15 is 0 Å². The standard InChI is InChI=1S/C21H26N2O4S/c1-16-4-3-5-20(17(16)2)22-21(24)11-8-18-6-9-19(10-7-18)28(25,26)23-12-14-27-15-13-23/h3-7,9-10H,8,11-15H2,1-2H3,(H,22,24). The van der Waals surface area contributed by atoms with Crippen LogP contribution in [0, 0.1) is 13.8 Å². The maximum Gasteiger partial charge on any atom is 0.243 e. The first-order valence-corrected chi connectivity index (χ1v) is 10.8.